The van der Waals surface area contributed by atoms with Crippen molar-refractivity contribution in [2.45, 2.75) is 26.8 Å². The zero-order chi connectivity index (χ0) is 10.4. The second kappa shape index (κ2) is 5.62. The lowest BCUT2D eigenvalue weighted by Gasteiger charge is -2.22. The summed E-state index contributed by atoms with van der Waals surface area (Å²) in [5.74, 6) is 0.911. The van der Waals surface area contributed by atoms with Crippen molar-refractivity contribution in [3.63, 3.8) is 0 Å². The van der Waals surface area contributed by atoms with E-state index in [1.807, 2.05) is 25.9 Å². The van der Waals surface area contributed by atoms with E-state index in [9.17, 15) is 0 Å². The van der Waals surface area contributed by atoms with E-state index in [2.05, 4.69) is 30.2 Å². The van der Waals surface area contributed by atoms with Crippen LogP contribution in [0.3, 0.4) is 0 Å². The van der Waals surface area contributed by atoms with Crippen molar-refractivity contribution in [3.8, 4) is 0 Å². The fraction of sp³-hybridized carbons (Fsp3) is 0.700. The van der Waals surface area contributed by atoms with Gasteiger partial charge in [-0.05, 0) is 20.8 Å². The predicted octanol–water partition coefficient (Wildman–Crippen LogP) is 1.48. The first-order valence-electron chi connectivity index (χ1n) is 4.56. The van der Waals surface area contributed by atoms with E-state index in [1.165, 1.54) is 5.57 Å². The summed E-state index contributed by atoms with van der Waals surface area (Å²) < 4.78 is 0. The molecule has 1 N–H and O–H groups in total. The van der Waals surface area contributed by atoms with Gasteiger partial charge >= 0.3 is 0 Å². The van der Waals surface area contributed by atoms with Crippen LogP contribution in [0.5, 0.6) is 0 Å². The molecule has 1 atom stereocenters. The standard InChI is InChI=1S/C10H21N3/c1-7-8(2)9(3)12-10(11-4)13(5)6/h7,9H,1-6H3,(H,11,12). The van der Waals surface area contributed by atoms with Gasteiger partial charge < -0.3 is 10.2 Å². The number of nitrogens with one attached hydrogen (secondary N) is 1. The van der Waals surface area contributed by atoms with E-state index >= 15 is 0 Å². The number of hydrogen-bond donors (Lipinski definition) is 1. The van der Waals surface area contributed by atoms with Crippen molar-refractivity contribution in [1.82, 2.24) is 10.2 Å². The predicted molar refractivity (Wildman–Crippen MR) is 59.1 cm³/mol. The van der Waals surface area contributed by atoms with Gasteiger partial charge in [-0.2, -0.15) is 0 Å². The summed E-state index contributed by atoms with van der Waals surface area (Å²) in [4.78, 5) is 6.12. The summed E-state index contributed by atoms with van der Waals surface area (Å²) in [7, 11) is 5.75. The summed E-state index contributed by atoms with van der Waals surface area (Å²) in [5, 5.41) is 3.32. The van der Waals surface area contributed by atoms with Crippen LogP contribution in [-0.4, -0.2) is 38.0 Å². The normalized spacial score (nSPS) is 15.5. The summed E-state index contributed by atoms with van der Waals surface area (Å²) in [5.41, 5.74) is 1.32. The third kappa shape index (κ3) is 3.97. The third-order valence-corrected chi connectivity index (χ3v) is 2.12. The van der Waals surface area contributed by atoms with Gasteiger partial charge in [0.1, 0.15) is 0 Å². The first kappa shape index (κ1) is 12.0. The van der Waals surface area contributed by atoms with Gasteiger partial charge in [0.25, 0.3) is 0 Å². The molecule has 76 valence electrons. The number of guanidine groups is 1. The van der Waals surface area contributed by atoms with Crippen LogP contribution in [0, 0.1) is 0 Å². The van der Waals surface area contributed by atoms with Gasteiger partial charge in [0.05, 0.1) is 0 Å². The SMILES string of the molecule is CC=C(C)C(C)NC(=NC)N(C)C. The minimum atomic E-state index is 0.339. The smallest absolute Gasteiger partial charge is 0.193 e. The van der Waals surface area contributed by atoms with Crippen LogP contribution in [0.15, 0.2) is 16.6 Å². The van der Waals surface area contributed by atoms with E-state index in [0.717, 1.165) is 5.96 Å². The van der Waals surface area contributed by atoms with Gasteiger partial charge in [0, 0.05) is 27.2 Å². The monoisotopic (exact) mass is 183 g/mol. The number of hydrogen-bond acceptors (Lipinski definition) is 1. The topological polar surface area (TPSA) is 27.6 Å². The van der Waals surface area contributed by atoms with E-state index in [-0.39, 0.29) is 0 Å². The lowest BCUT2D eigenvalue weighted by molar-refractivity contribution is 0.567. The molecule has 0 radical (unpaired) electrons. The lowest BCUT2D eigenvalue weighted by Crippen LogP contribution is -2.41. The van der Waals surface area contributed by atoms with E-state index in [1.54, 1.807) is 7.05 Å². The second-order valence-corrected chi connectivity index (χ2v) is 3.34. The van der Waals surface area contributed by atoms with Gasteiger partial charge in [-0.1, -0.05) is 11.6 Å². The molecule has 0 heterocycles. The summed E-state index contributed by atoms with van der Waals surface area (Å²) >= 11 is 0. The molecule has 0 amide bonds. The number of aliphatic imine (C=N–C) groups is 1. The van der Waals surface area contributed by atoms with Gasteiger partial charge in [-0.15, -0.1) is 0 Å². The molecule has 0 saturated carbocycles. The van der Waals surface area contributed by atoms with Crippen LogP contribution in [0.4, 0.5) is 0 Å². The Morgan fingerprint density at radius 2 is 2.00 bits per heavy atom. The van der Waals surface area contributed by atoms with Crippen LogP contribution >= 0.6 is 0 Å². The highest BCUT2D eigenvalue weighted by atomic mass is 15.3. The molecule has 1 unspecified atom stereocenters. The third-order valence-electron chi connectivity index (χ3n) is 2.12. The molecule has 0 spiro atoms. The Morgan fingerprint density at radius 3 is 2.31 bits per heavy atom. The first-order valence-corrected chi connectivity index (χ1v) is 4.56. The highest BCUT2D eigenvalue weighted by molar-refractivity contribution is 5.79. The van der Waals surface area contributed by atoms with Gasteiger partial charge in [0.15, 0.2) is 5.96 Å². The average molecular weight is 183 g/mol. The minimum absolute atomic E-state index is 0.339. The Hall–Kier alpha value is -0.990. The average Bonchev–Trinajstić information content (AvgIpc) is 2.11. The maximum atomic E-state index is 4.15. The molecule has 0 fully saturated rings. The number of nitrogens with zero attached hydrogens (tertiary/aromatic N) is 2. The van der Waals surface area contributed by atoms with Gasteiger partial charge in [-0.3, -0.25) is 4.99 Å². The molecule has 3 heteroatoms. The van der Waals surface area contributed by atoms with Crippen molar-refractivity contribution < 1.29 is 0 Å². The fourth-order valence-electron chi connectivity index (χ4n) is 0.951. The lowest BCUT2D eigenvalue weighted by atomic mass is 10.1. The van der Waals surface area contributed by atoms with Crippen LogP contribution in [-0.2, 0) is 0 Å². The Balaban J connectivity index is 4.27. The summed E-state index contributed by atoms with van der Waals surface area (Å²) in [6.45, 7) is 6.29. The van der Waals surface area contributed by atoms with E-state index < -0.39 is 0 Å². The first-order chi connectivity index (χ1) is 6.02. The highest BCUT2D eigenvalue weighted by Crippen LogP contribution is 1.99. The zero-order valence-electron chi connectivity index (χ0n) is 9.55. The molecule has 0 aromatic heterocycles. The molecule has 0 rings (SSSR count). The van der Waals surface area contributed by atoms with Crippen molar-refractivity contribution in [2.75, 3.05) is 21.1 Å². The molecule has 0 aromatic carbocycles. The Labute approximate surface area is 81.5 Å². The molecule has 13 heavy (non-hydrogen) atoms. The number of allylic oxidation sites excluding steroid dienone is 1. The van der Waals surface area contributed by atoms with Crippen molar-refractivity contribution in [2.24, 2.45) is 4.99 Å². The molecular weight excluding hydrogens is 162 g/mol. The van der Waals surface area contributed by atoms with Crippen molar-refractivity contribution in [3.05, 3.63) is 11.6 Å². The zero-order valence-corrected chi connectivity index (χ0v) is 9.55. The van der Waals surface area contributed by atoms with Crippen LogP contribution in [0.2, 0.25) is 0 Å². The second-order valence-electron chi connectivity index (χ2n) is 3.34. The van der Waals surface area contributed by atoms with Crippen LogP contribution in [0.25, 0.3) is 0 Å². The largest absolute Gasteiger partial charge is 0.350 e. The molecule has 0 aliphatic rings. The van der Waals surface area contributed by atoms with E-state index in [0.29, 0.717) is 6.04 Å². The molecule has 0 aromatic rings. The molecule has 3 nitrogen and oxygen atoms in total. The number of rotatable bonds is 2. The quantitative estimate of drug-likeness (QED) is 0.399. The summed E-state index contributed by atoms with van der Waals surface area (Å²) in [6, 6.07) is 0.339. The van der Waals surface area contributed by atoms with Crippen molar-refractivity contribution in [1.29, 1.82) is 0 Å². The maximum Gasteiger partial charge on any atom is 0.193 e. The van der Waals surface area contributed by atoms with E-state index in [4.69, 9.17) is 0 Å². The molecule has 0 saturated heterocycles. The van der Waals surface area contributed by atoms with Crippen molar-refractivity contribution >= 4 is 5.96 Å². The Morgan fingerprint density at radius 1 is 1.46 bits per heavy atom. The summed E-state index contributed by atoms with van der Waals surface area (Å²) in [6.07, 6.45) is 2.11. The Kier molecular flexibility index (Phi) is 5.19. The highest BCUT2D eigenvalue weighted by Gasteiger charge is 2.06. The van der Waals surface area contributed by atoms with Crippen LogP contribution < -0.4 is 5.32 Å². The maximum absolute atomic E-state index is 4.15. The van der Waals surface area contributed by atoms with Crippen LogP contribution in [0.1, 0.15) is 20.8 Å². The molecular formula is C10H21N3. The fourth-order valence-corrected chi connectivity index (χ4v) is 0.951. The molecule has 0 bridgehead atoms. The Bertz CT molecular complexity index is 204. The van der Waals surface area contributed by atoms with Gasteiger partial charge in [-0.25, -0.2) is 0 Å². The minimum Gasteiger partial charge on any atom is -0.350 e. The molecule has 0 aliphatic heterocycles. The van der Waals surface area contributed by atoms with Gasteiger partial charge in [0.2, 0.25) is 0 Å². The molecule has 0 aliphatic carbocycles.